The smallest absolute Gasteiger partial charge is 0.244 e. The molecular formula is C29H42N4O6S. The van der Waals surface area contributed by atoms with Gasteiger partial charge in [0, 0.05) is 37.1 Å². The van der Waals surface area contributed by atoms with Crippen LogP contribution in [0.25, 0.3) is 0 Å². The third-order valence-corrected chi connectivity index (χ3v) is 11.1. The minimum absolute atomic E-state index is 0.0494. The Morgan fingerprint density at radius 1 is 1.20 bits per heavy atom. The number of morpholine rings is 1. The Labute approximate surface area is 240 Å². The summed E-state index contributed by atoms with van der Waals surface area (Å²) in [7, 11) is 0. The molecule has 7 atom stereocenters. The van der Waals surface area contributed by atoms with E-state index in [2.05, 4.69) is 22.5 Å². The molecule has 1 spiro atoms. The number of carbonyl (C=O) groups is 3. The van der Waals surface area contributed by atoms with Crippen LogP contribution in [0.4, 0.5) is 5.69 Å². The van der Waals surface area contributed by atoms with Gasteiger partial charge in [-0.3, -0.25) is 19.3 Å². The Morgan fingerprint density at radius 2 is 1.93 bits per heavy atom. The van der Waals surface area contributed by atoms with Crippen LogP contribution in [0, 0.1) is 17.8 Å². The van der Waals surface area contributed by atoms with E-state index in [1.165, 1.54) is 0 Å². The van der Waals surface area contributed by atoms with E-state index >= 15 is 0 Å². The first-order valence-electron chi connectivity index (χ1n) is 14.6. The zero-order valence-corrected chi connectivity index (χ0v) is 24.5. The van der Waals surface area contributed by atoms with Crippen molar-refractivity contribution < 1.29 is 29.0 Å². The quantitative estimate of drug-likeness (QED) is 0.365. The molecule has 4 aliphatic rings. The molecule has 4 saturated heterocycles. The number of aliphatic hydroxyl groups excluding tert-OH is 1. The minimum Gasteiger partial charge on any atom is -0.494 e. The predicted octanol–water partition coefficient (Wildman–Crippen LogP) is 1.58. The van der Waals surface area contributed by atoms with Crippen molar-refractivity contribution in [1.29, 1.82) is 0 Å². The molecular weight excluding hydrogens is 532 g/mol. The lowest BCUT2D eigenvalue weighted by atomic mass is 9.66. The zero-order valence-electron chi connectivity index (χ0n) is 23.6. The number of aliphatic hydroxyl groups is 1. The highest BCUT2D eigenvalue weighted by molar-refractivity contribution is 8.02. The van der Waals surface area contributed by atoms with Crippen molar-refractivity contribution in [2.45, 2.75) is 55.7 Å². The Bertz CT molecular complexity index is 1080. The number of fused-ring (bicyclic) bond motifs is 1. The number of hydrogen-bond acceptors (Lipinski definition) is 8. The molecule has 0 aromatic heterocycles. The first kappa shape index (κ1) is 29.2. The third-order valence-electron chi connectivity index (χ3n) is 9.07. The van der Waals surface area contributed by atoms with Gasteiger partial charge in [-0.05, 0) is 49.9 Å². The molecule has 1 aromatic rings. The van der Waals surface area contributed by atoms with Gasteiger partial charge < -0.3 is 30.1 Å². The number of anilines is 1. The summed E-state index contributed by atoms with van der Waals surface area (Å²) in [5, 5.41) is 16.3. The van der Waals surface area contributed by atoms with E-state index in [4.69, 9.17) is 9.47 Å². The van der Waals surface area contributed by atoms with Gasteiger partial charge in [-0.1, -0.05) is 13.8 Å². The lowest BCUT2D eigenvalue weighted by Gasteiger charge is -2.40. The molecule has 40 heavy (non-hydrogen) atoms. The molecule has 4 aliphatic heterocycles. The van der Waals surface area contributed by atoms with Crippen LogP contribution in [-0.2, 0) is 19.1 Å². The van der Waals surface area contributed by atoms with Crippen molar-refractivity contribution in [2.24, 2.45) is 17.8 Å². The summed E-state index contributed by atoms with van der Waals surface area (Å²) in [4.78, 5) is 45.8. The highest BCUT2D eigenvalue weighted by atomic mass is 32.2. The van der Waals surface area contributed by atoms with E-state index < -0.39 is 28.7 Å². The normalized spacial score (nSPS) is 32.1. The maximum Gasteiger partial charge on any atom is 0.244 e. The largest absolute Gasteiger partial charge is 0.494 e. The number of nitrogens with one attached hydrogen (secondary N) is 2. The number of ether oxygens (including phenoxy) is 2. The van der Waals surface area contributed by atoms with Crippen LogP contribution in [0.2, 0.25) is 0 Å². The number of benzene rings is 1. The first-order chi connectivity index (χ1) is 19.3. The van der Waals surface area contributed by atoms with Gasteiger partial charge >= 0.3 is 0 Å². The number of rotatable bonds is 11. The third kappa shape index (κ3) is 5.10. The molecule has 2 bridgehead atoms. The number of nitrogens with zero attached hydrogens (tertiary/aromatic N) is 2. The Morgan fingerprint density at radius 3 is 2.58 bits per heavy atom. The molecule has 0 saturated carbocycles. The van der Waals surface area contributed by atoms with E-state index in [1.54, 1.807) is 28.8 Å². The Hall–Kier alpha value is -2.34. The fraction of sp³-hybridized carbons (Fsp3) is 0.690. The van der Waals surface area contributed by atoms with Gasteiger partial charge in [0.2, 0.25) is 17.7 Å². The van der Waals surface area contributed by atoms with Crippen LogP contribution in [-0.4, -0.2) is 107 Å². The number of carbonyl (C=O) groups excluding carboxylic acids is 3. The number of amides is 3. The van der Waals surface area contributed by atoms with E-state index in [1.807, 2.05) is 26.0 Å². The van der Waals surface area contributed by atoms with Gasteiger partial charge in [0.15, 0.2) is 0 Å². The van der Waals surface area contributed by atoms with Crippen LogP contribution in [0.5, 0.6) is 5.75 Å². The topological polar surface area (TPSA) is 120 Å². The number of hydrogen-bond donors (Lipinski definition) is 3. The van der Waals surface area contributed by atoms with Gasteiger partial charge in [0.1, 0.15) is 11.8 Å². The molecule has 4 heterocycles. The molecule has 3 unspecified atom stereocenters. The molecule has 0 aliphatic carbocycles. The second-order valence-electron chi connectivity index (χ2n) is 11.2. The van der Waals surface area contributed by atoms with Crippen LogP contribution >= 0.6 is 11.8 Å². The highest BCUT2D eigenvalue weighted by Gasteiger charge is 2.76. The van der Waals surface area contributed by atoms with Crippen molar-refractivity contribution in [3.05, 3.63) is 24.3 Å². The standard InChI is InChI=1S/C29H42N4O6S/c1-4-20(17-34)33-25(27(36)30-10-11-32-12-14-38-15-13-32)29-18(3)16-22(40-29)23(24(29)28(33)37)26(35)31-19-6-8-21(9-7-19)39-5-2/h6-9,18,20,22-25,34H,4-5,10-17H2,1-3H3,(H,30,36)(H,31,35)/t18?,20-,22+,23-,24-,25?,29?/m0/s1. The highest BCUT2D eigenvalue weighted by Crippen LogP contribution is 2.68. The molecule has 11 heteroatoms. The molecule has 5 rings (SSSR count). The molecule has 1 aromatic carbocycles. The fourth-order valence-electron chi connectivity index (χ4n) is 7.15. The lowest BCUT2D eigenvalue weighted by Crippen LogP contribution is -2.59. The summed E-state index contributed by atoms with van der Waals surface area (Å²) in [5.41, 5.74) is 0.643. The van der Waals surface area contributed by atoms with Crippen LogP contribution in [0.15, 0.2) is 24.3 Å². The fourth-order valence-corrected chi connectivity index (χ4v) is 9.56. The molecule has 4 fully saturated rings. The first-order valence-corrected chi connectivity index (χ1v) is 15.5. The predicted molar refractivity (Wildman–Crippen MR) is 153 cm³/mol. The Balaban J connectivity index is 1.38. The average Bonchev–Trinajstić information content (AvgIpc) is 3.55. The monoisotopic (exact) mass is 574 g/mol. The van der Waals surface area contributed by atoms with Gasteiger partial charge in [0.25, 0.3) is 0 Å². The SMILES string of the molecule is CCOc1ccc(NC(=O)[C@@H]2[C@H]3C(=O)N([C@@H](CC)CO)C(C(=O)NCCN4CCOCC4)C34S[C@@H]2CC4C)cc1. The van der Waals surface area contributed by atoms with Gasteiger partial charge in [-0.15, -0.1) is 11.8 Å². The summed E-state index contributed by atoms with van der Waals surface area (Å²) in [6, 6.07) is 6.00. The summed E-state index contributed by atoms with van der Waals surface area (Å²) < 4.78 is 10.2. The van der Waals surface area contributed by atoms with Crippen LogP contribution in [0.3, 0.4) is 0 Å². The molecule has 220 valence electrons. The average molecular weight is 575 g/mol. The molecule has 3 N–H and O–H groups in total. The van der Waals surface area contributed by atoms with Crippen LogP contribution in [0.1, 0.15) is 33.6 Å². The van der Waals surface area contributed by atoms with E-state index in [0.717, 1.165) is 25.3 Å². The van der Waals surface area contributed by atoms with Gasteiger partial charge in [-0.25, -0.2) is 0 Å². The van der Waals surface area contributed by atoms with Crippen molar-refractivity contribution >= 4 is 35.2 Å². The van der Waals surface area contributed by atoms with Crippen LogP contribution < -0.4 is 15.4 Å². The summed E-state index contributed by atoms with van der Waals surface area (Å²) in [6.07, 6.45) is 1.28. The van der Waals surface area contributed by atoms with E-state index in [0.29, 0.717) is 45.0 Å². The van der Waals surface area contributed by atoms with E-state index in [-0.39, 0.29) is 35.5 Å². The maximum atomic E-state index is 14.2. The van der Waals surface area contributed by atoms with Crippen molar-refractivity contribution in [1.82, 2.24) is 15.1 Å². The second kappa shape index (κ2) is 12.3. The summed E-state index contributed by atoms with van der Waals surface area (Å²) in [6.45, 7) is 10.5. The van der Waals surface area contributed by atoms with Crippen molar-refractivity contribution in [2.75, 3.05) is 57.9 Å². The van der Waals surface area contributed by atoms with E-state index in [9.17, 15) is 19.5 Å². The Kier molecular flexibility index (Phi) is 8.94. The number of likely N-dealkylation sites (tertiary alicyclic amines) is 1. The molecule has 10 nitrogen and oxygen atoms in total. The molecule has 0 radical (unpaired) electrons. The maximum absolute atomic E-state index is 14.2. The lowest BCUT2D eigenvalue weighted by molar-refractivity contribution is -0.142. The number of thioether (sulfide) groups is 1. The van der Waals surface area contributed by atoms with Gasteiger partial charge in [0.05, 0.1) is 49.1 Å². The summed E-state index contributed by atoms with van der Waals surface area (Å²) in [5.74, 6) is -0.954. The summed E-state index contributed by atoms with van der Waals surface area (Å²) >= 11 is 1.64. The molecule has 3 amide bonds. The van der Waals surface area contributed by atoms with Gasteiger partial charge in [-0.2, -0.15) is 0 Å². The zero-order chi connectivity index (χ0) is 28.4. The van der Waals surface area contributed by atoms with Crippen molar-refractivity contribution in [3.8, 4) is 5.75 Å². The second-order valence-corrected chi connectivity index (χ2v) is 12.8. The van der Waals surface area contributed by atoms with Crippen molar-refractivity contribution in [3.63, 3.8) is 0 Å². The minimum atomic E-state index is -0.736.